The van der Waals surface area contributed by atoms with Crippen molar-refractivity contribution in [2.75, 3.05) is 12.3 Å². The van der Waals surface area contributed by atoms with Crippen molar-refractivity contribution >= 4 is 25.8 Å². The lowest BCUT2D eigenvalue weighted by molar-refractivity contribution is 0.568. The number of benzene rings is 1. The fourth-order valence-corrected chi connectivity index (χ4v) is 3.33. The van der Waals surface area contributed by atoms with Crippen LogP contribution in [-0.2, 0) is 9.84 Å². The molecule has 1 rings (SSSR count). The van der Waals surface area contributed by atoms with Crippen LogP contribution in [0.5, 0.6) is 0 Å². The summed E-state index contributed by atoms with van der Waals surface area (Å²) in [5, 5.41) is 3.21. The molecule has 0 bridgehead atoms. The maximum atomic E-state index is 12.0. The molecule has 96 valence electrons. The molecule has 0 aliphatic carbocycles. The summed E-state index contributed by atoms with van der Waals surface area (Å²) < 4.78 is 24.8. The molecule has 1 N–H and O–H groups in total. The Bertz CT molecular complexity index is 457. The zero-order valence-corrected chi connectivity index (χ0v) is 12.5. The molecule has 3 nitrogen and oxygen atoms in total. The summed E-state index contributed by atoms with van der Waals surface area (Å²) in [7, 11) is -3.15. The van der Waals surface area contributed by atoms with E-state index in [1.807, 2.05) is 19.9 Å². The summed E-state index contributed by atoms with van der Waals surface area (Å²) in [6.45, 7) is 4.82. The fraction of sp³-hybridized carbons (Fsp3) is 0.500. The van der Waals surface area contributed by atoms with Crippen LogP contribution < -0.4 is 5.32 Å². The number of rotatable bonds is 6. The van der Waals surface area contributed by atoms with Crippen molar-refractivity contribution in [3.63, 3.8) is 0 Å². The van der Waals surface area contributed by atoms with Crippen LogP contribution in [0.3, 0.4) is 0 Å². The highest BCUT2D eigenvalue weighted by Gasteiger charge is 2.13. The molecule has 0 unspecified atom stereocenters. The van der Waals surface area contributed by atoms with E-state index in [0.29, 0.717) is 17.4 Å². The molecule has 0 atom stereocenters. The molecule has 5 heteroatoms. The van der Waals surface area contributed by atoms with E-state index in [1.165, 1.54) is 0 Å². The summed E-state index contributed by atoms with van der Waals surface area (Å²) in [6.07, 6.45) is 0.632. The van der Waals surface area contributed by atoms with E-state index >= 15 is 0 Å². The van der Waals surface area contributed by atoms with Crippen LogP contribution >= 0.6 is 15.9 Å². The first-order valence-corrected chi connectivity index (χ1v) is 8.08. The first kappa shape index (κ1) is 14.7. The van der Waals surface area contributed by atoms with Gasteiger partial charge in [0.2, 0.25) is 0 Å². The molecule has 0 saturated carbocycles. The highest BCUT2D eigenvalue weighted by atomic mass is 79.9. The standard InChI is InChI=1S/C12H18BrNO2S/c1-10(2)14-7-4-8-17(15,16)12-6-3-5-11(13)9-12/h3,5-6,9-10,14H,4,7-8H2,1-2H3. The van der Waals surface area contributed by atoms with Crippen LogP contribution in [0.4, 0.5) is 0 Å². The molecule has 0 aliphatic heterocycles. The molecule has 1 aromatic rings. The molecule has 0 spiro atoms. The Balaban J connectivity index is 2.57. The Labute approximate surface area is 112 Å². The minimum Gasteiger partial charge on any atom is -0.314 e. The number of sulfone groups is 1. The summed E-state index contributed by atoms with van der Waals surface area (Å²) in [4.78, 5) is 0.386. The molecule has 0 saturated heterocycles. The molecule has 17 heavy (non-hydrogen) atoms. The van der Waals surface area contributed by atoms with Gasteiger partial charge in [0.15, 0.2) is 9.84 Å². The zero-order valence-electron chi connectivity index (χ0n) is 10.1. The third-order valence-corrected chi connectivity index (χ3v) is 4.59. The van der Waals surface area contributed by atoms with Gasteiger partial charge in [-0.3, -0.25) is 0 Å². The first-order chi connectivity index (χ1) is 7.92. The third-order valence-electron chi connectivity index (χ3n) is 2.30. The zero-order chi connectivity index (χ0) is 12.9. The van der Waals surface area contributed by atoms with Crippen LogP contribution in [0.15, 0.2) is 33.6 Å². The maximum absolute atomic E-state index is 12.0. The average Bonchev–Trinajstić information content (AvgIpc) is 2.24. The van der Waals surface area contributed by atoms with Crippen LogP contribution in [-0.4, -0.2) is 26.8 Å². The smallest absolute Gasteiger partial charge is 0.178 e. The second-order valence-corrected chi connectivity index (χ2v) is 7.26. The predicted octanol–water partition coefficient (Wildman–Crippen LogP) is 2.61. The van der Waals surface area contributed by atoms with E-state index in [9.17, 15) is 8.42 Å². The van der Waals surface area contributed by atoms with Gasteiger partial charge in [0.25, 0.3) is 0 Å². The average molecular weight is 320 g/mol. The summed E-state index contributed by atoms with van der Waals surface area (Å²) >= 11 is 3.28. The largest absolute Gasteiger partial charge is 0.314 e. The molecule has 1 aromatic carbocycles. The van der Waals surface area contributed by atoms with Crippen molar-refractivity contribution in [2.45, 2.75) is 31.2 Å². The van der Waals surface area contributed by atoms with E-state index in [2.05, 4.69) is 21.2 Å². The van der Waals surface area contributed by atoms with Gasteiger partial charge >= 0.3 is 0 Å². The molecular formula is C12H18BrNO2S. The van der Waals surface area contributed by atoms with Gasteiger partial charge in [-0.25, -0.2) is 8.42 Å². The van der Waals surface area contributed by atoms with Crippen LogP contribution in [0.25, 0.3) is 0 Å². The van der Waals surface area contributed by atoms with Crippen molar-refractivity contribution in [2.24, 2.45) is 0 Å². The van der Waals surface area contributed by atoms with Crippen molar-refractivity contribution in [1.29, 1.82) is 0 Å². The van der Waals surface area contributed by atoms with E-state index in [-0.39, 0.29) is 5.75 Å². The topological polar surface area (TPSA) is 46.2 Å². The van der Waals surface area contributed by atoms with Crippen molar-refractivity contribution in [3.8, 4) is 0 Å². The molecular weight excluding hydrogens is 302 g/mol. The molecule has 0 heterocycles. The van der Waals surface area contributed by atoms with E-state index < -0.39 is 9.84 Å². The van der Waals surface area contributed by atoms with Gasteiger partial charge < -0.3 is 5.32 Å². The lowest BCUT2D eigenvalue weighted by Crippen LogP contribution is -2.25. The highest BCUT2D eigenvalue weighted by molar-refractivity contribution is 9.10. The van der Waals surface area contributed by atoms with Crippen molar-refractivity contribution in [1.82, 2.24) is 5.32 Å². The Morgan fingerprint density at radius 1 is 1.35 bits per heavy atom. The normalized spacial score (nSPS) is 12.0. The van der Waals surface area contributed by atoms with Gasteiger partial charge in [-0.2, -0.15) is 0 Å². The molecule has 0 radical (unpaired) electrons. The number of hydrogen-bond donors (Lipinski definition) is 1. The number of nitrogens with one attached hydrogen (secondary N) is 1. The summed E-state index contributed by atoms with van der Waals surface area (Å²) in [5.74, 6) is 0.184. The lowest BCUT2D eigenvalue weighted by atomic mass is 10.4. The Morgan fingerprint density at radius 2 is 2.06 bits per heavy atom. The summed E-state index contributed by atoms with van der Waals surface area (Å²) in [6, 6.07) is 7.23. The number of halogens is 1. The molecule has 0 fully saturated rings. The monoisotopic (exact) mass is 319 g/mol. The molecule has 0 aromatic heterocycles. The van der Waals surface area contributed by atoms with Gasteiger partial charge in [0.05, 0.1) is 10.6 Å². The van der Waals surface area contributed by atoms with Crippen molar-refractivity contribution < 1.29 is 8.42 Å². The van der Waals surface area contributed by atoms with Crippen LogP contribution in [0.2, 0.25) is 0 Å². The van der Waals surface area contributed by atoms with Gasteiger partial charge in [-0.05, 0) is 31.2 Å². The van der Waals surface area contributed by atoms with Gasteiger partial charge in [-0.15, -0.1) is 0 Å². The Hall–Kier alpha value is -0.390. The number of hydrogen-bond acceptors (Lipinski definition) is 3. The second kappa shape index (κ2) is 6.52. The SMILES string of the molecule is CC(C)NCCCS(=O)(=O)c1cccc(Br)c1. The first-order valence-electron chi connectivity index (χ1n) is 5.63. The van der Waals surface area contributed by atoms with Crippen LogP contribution in [0, 0.1) is 0 Å². The van der Waals surface area contributed by atoms with Crippen LogP contribution in [0.1, 0.15) is 20.3 Å². The predicted molar refractivity (Wildman–Crippen MR) is 74.0 cm³/mol. The van der Waals surface area contributed by atoms with Gasteiger partial charge in [0.1, 0.15) is 0 Å². The molecule has 0 aliphatic rings. The van der Waals surface area contributed by atoms with Crippen molar-refractivity contribution in [3.05, 3.63) is 28.7 Å². The quantitative estimate of drug-likeness (QED) is 0.820. The minimum atomic E-state index is -3.15. The summed E-state index contributed by atoms with van der Waals surface area (Å²) in [5.41, 5.74) is 0. The minimum absolute atomic E-state index is 0.184. The van der Waals surface area contributed by atoms with Gasteiger partial charge in [-0.1, -0.05) is 35.8 Å². The van der Waals surface area contributed by atoms with E-state index in [1.54, 1.807) is 18.2 Å². The third kappa shape index (κ3) is 5.19. The van der Waals surface area contributed by atoms with E-state index in [0.717, 1.165) is 11.0 Å². The highest BCUT2D eigenvalue weighted by Crippen LogP contribution is 2.17. The van der Waals surface area contributed by atoms with E-state index in [4.69, 9.17) is 0 Å². The molecule has 0 amide bonds. The lowest BCUT2D eigenvalue weighted by Gasteiger charge is -2.08. The van der Waals surface area contributed by atoms with Gasteiger partial charge in [0, 0.05) is 10.5 Å². The second-order valence-electron chi connectivity index (χ2n) is 4.24. The maximum Gasteiger partial charge on any atom is 0.178 e. The Morgan fingerprint density at radius 3 is 2.65 bits per heavy atom. The fourth-order valence-electron chi connectivity index (χ4n) is 1.43. The Kier molecular flexibility index (Phi) is 5.62.